The van der Waals surface area contributed by atoms with Gasteiger partial charge in [-0.25, -0.2) is 0 Å². The standard InChI is InChI=1S/C14H16ClN3/c1-14(7-4-8-14)9-16-13-11-6-3-2-5-10(11)12(15)17-18-13/h2-3,5-6H,4,7-9H2,1H3,(H,16,18). The molecule has 1 fully saturated rings. The zero-order valence-electron chi connectivity index (χ0n) is 10.4. The van der Waals surface area contributed by atoms with Crippen molar-refractivity contribution in [3.05, 3.63) is 29.4 Å². The number of halogens is 1. The smallest absolute Gasteiger partial charge is 0.159 e. The molecule has 1 heterocycles. The lowest BCUT2D eigenvalue weighted by Crippen LogP contribution is -2.33. The third-order valence-electron chi connectivity index (χ3n) is 3.89. The van der Waals surface area contributed by atoms with E-state index in [2.05, 4.69) is 22.4 Å². The summed E-state index contributed by atoms with van der Waals surface area (Å²) >= 11 is 6.06. The lowest BCUT2D eigenvalue weighted by Gasteiger charge is -2.38. The molecule has 18 heavy (non-hydrogen) atoms. The topological polar surface area (TPSA) is 37.8 Å². The van der Waals surface area contributed by atoms with Crippen molar-refractivity contribution in [2.24, 2.45) is 5.41 Å². The summed E-state index contributed by atoms with van der Waals surface area (Å²) in [5, 5.41) is 14.1. The largest absolute Gasteiger partial charge is 0.368 e. The zero-order chi connectivity index (χ0) is 12.6. The van der Waals surface area contributed by atoms with Gasteiger partial charge in [0.1, 0.15) is 0 Å². The van der Waals surface area contributed by atoms with Gasteiger partial charge in [-0.3, -0.25) is 0 Å². The summed E-state index contributed by atoms with van der Waals surface area (Å²) < 4.78 is 0. The molecule has 94 valence electrons. The Balaban J connectivity index is 1.90. The van der Waals surface area contributed by atoms with Crippen LogP contribution in [0.3, 0.4) is 0 Å². The first kappa shape index (κ1) is 11.7. The number of nitrogens with zero attached hydrogens (tertiary/aromatic N) is 2. The van der Waals surface area contributed by atoms with Crippen LogP contribution in [0.2, 0.25) is 5.15 Å². The van der Waals surface area contributed by atoms with Gasteiger partial charge in [0.2, 0.25) is 0 Å². The molecular formula is C14H16ClN3. The van der Waals surface area contributed by atoms with Crippen LogP contribution in [0.15, 0.2) is 24.3 Å². The maximum Gasteiger partial charge on any atom is 0.159 e. The van der Waals surface area contributed by atoms with E-state index in [1.807, 2.05) is 24.3 Å². The van der Waals surface area contributed by atoms with Gasteiger partial charge in [0.15, 0.2) is 11.0 Å². The van der Waals surface area contributed by atoms with Crippen molar-refractivity contribution in [2.75, 3.05) is 11.9 Å². The molecule has 0 aliphatic heterocycles. The summed E-state index contributed by atoms with van der Waals surface area (Å²) in [7, 11) is 0. The van der Waals surface area contributed by atoms with Crippen LogP contribution in [0, 0.1) is 5.41 Å². The maximum atomic E-state index is 6.06. The first-order valence-electron chi connectivity index (χ1n) is 6.33. The Morgan fingerprint density at radius 1 is 1.22 bits per heavy atom. The summed E-state index contributed by atoms with van der Waals surface area (Å²) in [5.41, 5.74) is 0.419. The van der Waals surface area contributed by atoms with E-state index in [1.165, 1.54) is 19.3 Å². The highest BCUT2D eigenvalue weighted by Gasteiger charge is 2.31. The molecule has 0 amide bonds. The highest BCUT2D eigenvalue weighted by molar-refractivity contribution is 6.34. The van der Waals surface area contributed by atoms with Crippen molar-refractivity contribution in [3.8, 4) is 0 Å². The molecule has 0 saturated heterocycles. The first-order valence-corrected chi connectivity index (χ1v) is 6.71. The van der Waals surface area contributed by atoms with Crippen molar-refractivity contribution in [1.82, 2.24) is 10.2 Å². The molecule has 0 bridgehead atoms. The van der Waals surface area contributed by atoms with E-state index in [0.717, 1.165) is 23.1 Å². The molecule has 3 rings (SSSR count). The summed E-state index contributed by atoms with van der Waals surface area (Å²) in [6.45, 7) is 3.27. The molecule has 0 unspecified atom stereocenters. The molecule has 1 aromatic heterocycles. The molecule has 0 atom stereocenters. The van der Waals surface area contributed by atoms with Crippen LogP contribution in [-0.4, -0.2) is 16.7 Å². The molecule has 0 radical (unpaired) electrons. The Labute approximate surface area is 112 Å². The number of aromatic nitrogens is 2. The van der Waals surface area contributed by atoms with Crippen LogP contribution in [-0.2, 0) is 0 Å². The van der Waals surface area contributed by atoms with E-state index in [9.17, 15) is 0 Å². The maximum absolute atomic E-state index is 6.06. The van der Waals surface area contributed by atoms with Crippen molar-refractivity contribution < 1.29 is 0 Å². The molecule has 3 nitrogen and oxygen atoms in total. The number of nitrogens with one attached hydrogen (secondary N) is 1. The Kier molecular flexibility index (Phi) is 2.86. The van der Waals surface area contributed by atoms with Gasteiger partial charge in [0, 0.05) is 17.3 Å². The van der Waals surface area contributed by atoms with E-state index < -0.39 is 0 Å². The molecule has 4 heteroatoms. The minimum Gasteiger partial charge on any atom is -0.368 e. The minimum absolute atomic E-state index is 0.419. The third-order valence-corrected chi connectivity index (χ3v) is 4.16. The predicted octanol–water partition coefficient (Wildman–Crippen LogP) is 3.89. The number of fused-ring (bicyclic) bond motifs is 1. The highest BCUT2D eigenvalue weighted by atomic mass is 35.5. The first-order chi connectivity index (χ1) is 8.68. The normalized spacial score (nSPS) is 17.4. The quantitative estimate of drug-likeness (QED) is 0.911. The van der Waals surface area contributed by atoms with Crippen LogP contribution < -0.4 is 5.32 Å². The Bertz CT molecular complexity index is 578. The molecule has 1 saturated carbocycles. The number of hydrogen-bond acceptors (Lipinski definition) is 3. The number of benzene rings is 1. The van der Waals surface area contributed by atoms with E-state index in [4.69, 9.17) is 11.6 Å². The van der Waals surface area contributed by atoms with Gasteiger partial charge in [0.25, 0.3) is 0 Å². The van der Waals surface area contributed by atoms with Gasteiger partial charge in [-0.1, -0.05) is 49.2 Å². The third kappa shape index (κ3) is 2.03. The lowest BCUT2D eigenvalue weighted by atomic mass is 9.70. The Morgan fingerprint density at radius 3 is 2.61 bits per heavy atom. The molecule has 1 aliphatic carbocycles. The van der Waals surface area contributed by atoms with Crippen molar-refractivity contribution in [1.29, 1.82) is 0 Å². The van der Waals surface area contributed by atoms with Gasteiger partial charge in [0.05, 0.1) is 0 Å². The van der Waals surface area contributed by atoms with Crippen LogP contribution in [0.5, 0.6) is 0 Å². The van der Waals surface area contributed by atoms with Crippen LogP contribution in [0.4, 0.5) is 5.82 Å². The summed E-state index contributed by atoms with van der Waals surface area (Å²) in [6, 6.07) is 7.97. The fourth-order valence-corrected chi connectivity index (χ4v) is 2.66. The van der Waals surface area contributed by atoms with Crippen LogP contribution >= 0.6 is 11.6 Å². The van der Waals surface area contributed by atoms with Crippen LogP contribution in [0.25, 0.3) is 10.8 Å². The Hall–Kier alpha value is -1.35. The summed E-state index contributed by atoms with van der Waals surface area (Å²) in [4.78, 5) is 0. The summed E-state index contributed by atoms with van der Waals surface area (Å²) in [6.07, 6.45) is 3.92. The molecular weight excluding hydrogens is 246 g/mol. The van der Waals surface area contributed by atoms with Crippen molar-refractivity contribution >= 4 is 28.2 Å². The van der Waals surface area contributed by atoms with Crippen molar-refractivity contribution in [3.63, 3.8) is 0 Å². The summed E-state index contributed by atoms with van der Waals surface area (Å²) in [5.74, 6) is 0.836. The zero-order valence-corrected chi connectivity index (χ0v) is 11.2. The van der Waals surface area contributed by atoms with E-state index in [1.54, 1.807) is 0 Å². The van der Waals surface area contributed by atoms with Gasteiger partial charge in [-0.15, -0.1) is 10.2 Å². The van der Waals surface area contributed by atoms with E-state index >= 15 is 0 Å². The second-order valence-corrected chi connectivity index (χ2v) is 5.76. The van der Waals surface area contributed by atoms with Gasteiger partial charge in [-0.05, 0) is 18.3 Å². The molecule has 2 aromatic rings. The second kappa shape index (κ2) is 4.39. The van der Waals surface area contributed by atoms with E-state index in [0.29, 0.717) is 10.6 Å². The van der Waals surface area contributed by atoms with Crippen LogP contribution in [0.1, 0.15) is 26.2 Å². The predicted molar refractivity (Wildman–Crippen MR) is 75.0 cm³/mol. The molecule has 1 N–H and O–H groups in total. The Morgan fingerprint density at radius 2 is 1.94 bits per heavy atom. The highest BCUT2D eigenvalue weighted by Crippen LogP contribution is 2.40. The SMILES string of the molecule is CC1(CNc2nnc(Cl)c3ccccc23)CCC1. The monoisotopic (exact) mass is 261 g/mol. The lowest BCUT2D eigenvalue weighted by molar-refractivity contribution is 0.180. The molecule has 0 spiro atoms. The number of anilines is 1. The van der Waals surface area contributed by atoms with Gasteiger partial charge in [-0.2, -0.15) is 0 Å². The molecule has 1 aromatic carbocycles. The number of rotatable bonds is 3. The number of hydrogen-bond donors (Lipinski definition) is 1. The average molecular weight is 262 g/mol. The van der Waals surface area contributed by atoms with Gasteiger partial charge < -0.3 is 5.32 Å². The van der Waals surface area contributed by atoms with Gasteiger partial charge >= 0.3 is 0 Å². The average Bonchev–Trinajstić information content (AvgIpc) is 2.36. The fourth-order valence-electron chi connectivity index (χ4n) is 2.46. The second-order valence-electron chi connectivity index (χ2n) is 5.40. The molecule has 1 aliphatic rings. The van der Waals surface area contributed by atoms with E-state index in [-0.39, 0.29) is 0 Å². The fraction of sp³-hybridized carbons (Fsp3) is 0.429. The van der Waals surface area contributed by atoms with Crippen molar-refractivity contribution in [2.45, 2.75) is 26.2 Å². The minimum atomic E-state index is 0.419.